The fourth-order valence-corrected chi connectivity index (χ4v) is 1.89. The smallest absolute Gasteiger partial charge is 0.127 e. The summed E-state index contributed by atoms with van der Waals surface area (Å²) < 4.78 is 24.5. The maximum atomic E-state index is 13.3. The van der Waals surface area contributed by atoms with Crippen LogP contribution in [0.25, 0.3) is 0 Å². The van der Waals surface area contributed by atoms with E-state index in [0.29, 0.717) is 18.8 Å². The molecule has 0 bridgehead atoms. The Morgan fingerprint density at radius 2 is 1.67 bits per heavy atom. The molecule has 0 saturated carbocycles. The van der Waals surface area contributed by atoms with E-state index >= 15 is 0 Å². The lowest BCUT2D eigenvalue weighted by Crippen LogP contribution is -2.02. The largest absolute Gasteiger partial charge is 0.494 e. The number of hydrogen-bond acceptors (Lipinski definition) is 3. The van der Waals surface area contributed by atoms with Crippen molar-refractivity contribution in [2.45, 2.75) is 26.5 Å². The summed E-state index contributed by atoms with van der Waals surface area (Å²) in [5.41, 5.74) is 6.88. The maximum absolute atomic E-state index is 13.3. The molecule has 2 aromatic carbocycles. The molecular weight excluding hydrogens is 269 g/mol. The van der Waals surface area contributed by atoms with Gasteiger partial charge in [-0.15, -0.1) is 0 Å². The van der Waals surface area contributed by atoms with Crippen LogP contribution in [0, 0.1) is 5.82 Å². The van der Waals surface area contributed by atoms with Crippen molar-refractivity contribution in [1.82, 2.24) is 0 Å². The van der Waals surface area contributed by atoms with E-state index in [1.165, 1.54) is 6.07 Å². The summed E-state index contributed by atoms with van der Waals surface area (Å²) >= 11 is 0. The number of rotatable bonds is 7. The fourth-order valence-electron chi connectivity index (χ4n) is 1.89. The Hall–Kier alpha value is -2.07. The normalized spacial score (nSPS) is 10.4. The van der Waals surface area contributed by atoms with E-state index in [0.717, 1.165) is 23.5 Å². The molecule has 0 atom stereocenters. The molecule has 0 aliphatic carbocycles. The van der Waals surface area contributed by atoms with Gasteiger partial charge in [0.1, 0.15) is 23.9 Å². The Balaban J connectivity index is 1.93. The second-order valence-corrected chi connectivity index (χ2v) is 4.74. The van der Waals surface area contributed by atoms with Gasteiger partial charge in [0.25, 0.3) is 0 Å². The van der Waals surface area contributed by atoms with E-state index in [-0.39, 0.29) is 12.4 Å². The topological polar surface area (TPSA) is 44.5 Å². The van der Waals surface area contributed by atoms with Gasteiger partial charge < -0.3 is 15.2 Å². The molecule has 0 saturated heterocycles. The molecular formula is C17H20FNO2. The highest BCUT2D eigenvalue weighted by Gasteiger charge is 2.03. The van der Waals surface area contributed by atoms with Crippen LogP contribution in [0.15, 0.2) is 42.5 Å². The monoisotopic (exact) mass is 289 g/mol. The molecule has 0 amide bonds. The van der Waals surface area contributed by atoms with Crippen molar-refractivity contribution in [3.63, 3.8) is 0 Å². The van der Waals surface area contributed by atoms with E-state index in [1.807, 2.05) is 24.3 Å². The number of ether oxygens (including phenoxy) is 2. The van der Waals surface area contributed by atoms with Crippen LogP contribution >= 0.6 is 0 Å². The molecule has 0 spiro atoms. The highest BCUT2D eigenvalue weighted by molar-refractivity contribution is 5.32. The molecule has 0 aromatic heterocycles. The molecule has 0 aliphatic heterocycles. The summed E-state index contributed by atoms with van der Waals surface area (Å²) in [7, 11) is 0. The molecule has 2 N–H and O–H groups in total. The molecule has 112 valence electrons. The Labute approximate surface area is 124 Å². The lowest BCUT2D eigenvalue weighted by molar-refractivity contribution is 0.301. The molecule has 2 rings (SSSR count). The van der Waals surface area contributed by atoms with Crippen LogP contribution in [0.1, 0.15) is 24.5 Å². The average Bonchev–Trinajstić information content (AvgIpc) is 2.53. The van der Waals surface area contributed by atoms with Gasteiger partial charge in [0.05, 0.1) is 6.61 Å². The Morgan fingerprint density at radius 3 is 2.29 bits per heavy atom. The first-order valence-electron chi connectivity index (χ1n) is 7.06. The average molecular weight is 289 g/mol. The van der Waals surface area contributed by atoms with Crippen LogP contribution in [0.3, 0.4) is 0 Å². The number of benzene rings is 2. The summed E-state index contributed by atoms with van der Waals surface area (Å²) in [6.45, 7) is 3.33. The Morgan fingerprint density at radius 1 is 1.00 bits per heavy atom. The second-order valence-electron chi connectivity index (χ2n) is 4.74. The molecule has 0 unspecified atom stereocenters. The predicted octanol–water partition coefficient (Wildman–Crippen LogP) is 3.65. The van der Waals surface area contributed by atoms with Gasteiger partial charge in [-0.2, -0.15) is 0 Å². The second kappa shape index (κ2) is 7.64. The number of halogens is 1. The minimum absolute atomic E-state index is 0.184. The zero-order chi connectivity index (χ0) is 15.1. The predicted molar refractivity (Wildman–Crippen MR) is 80.9 cm³/mol. The van der Waals surface area contributed by atoms with Crippen LogP contribution in [-0.2, 0) is 13.2 Å². The third-order valence-electron chi connectivity index (χ3n) is 3.03. The van der Waals surface area contributed by atoms with Crippen LogP contribution in [0.2, 0.25) is 0 Å². The quantitative estimate of drug-likeness (QED) is 0.846. The summed E-state index contributed by atoms with van der Waals surface area (Å²) in [5.74, 6) is 1.30. The number of hydrogen-bond donors (Lipinski definition) is 1. The first-order valence-corrected chi connectivity index (χ1v) is 7.06. The van der Waals surface area contributed by atoms with Crippen molar-refractivity contribution in [2.75, 3.05) is 6.61 Å². The molecule has 0 radical (unpaired) electrons. The van der Waals surface area contributed by atoms with Gasteiger partial charge in [-0.1, -0.05) is 13.0 Å². The minimum atomic E-state index is -0.279. The van der Waals surface area contributed by atoms with Gasteiger partial charge in [-0.25, -0.2) is 4.39 Å². The van der Waals surface area contributed by atoms with Gasteiger partial charge in [0.15, 0.2) is 0 Å². The molecule has 21 heavy (non-hydrogen) atoms. The van der Waals surface area contributed by atoms with E-state index in [9.17, 15) is 4.39 Å². The minimum Gasteiger partial charge on any atom is -0.494 e. The fraction of sp³-hybridized carbons (Fsp3) is 0.294. The molecule has 0 aliphatic rings. The molecule has 4 heteroatoms. The number of nitrogens with two attached hydrogens (primary N) is 1. The van der Waals surface area contributed by atoms with Gasteiger partial charge in [-0.3, -0.25) is 0 Å². The van der Waals surface area contributed by atoms with Crippen LogP contribution < -0.4 is 15.2 Å². The maximum Gasteiger partial charge on any atom is 0.127 e. The third kappa shape index (κ3) is 4.46. The van der Waals surface area contributed by atoms with Gasteiger partial charge >= 0.3 is 0 Å². The van der Waals surface area contributed by atoms with Gasteiger partial charge in [-0.05, 0) is 48.4 Å². The first kappa shape index (κ1) is 15.3. The van der Waals surface area contributed by atoms with E-state index in [1.54, 1.807) is 12.1 Å². The van der Waals surface area contributed by atoms with Crippen LogP contribution in [0.4, 0.5) is 4.39 Å². The lowest BCUT2D eigenvalue weighted by atomic mass is 10.1. The van der Waals surface area contributed by atoms with Crippen molar-refractivity contribution in [3.05, 3.63) is 59.4 Å². The summed E-state index contributed by atoms with van der Waals surface area (Å²) in [4.78, 5) is 0. The zero-order valence-electron chi connectivity index (χ0n) is 12.1. The van der Waals surface area contributed by atoms with Crippen molar-refractivity contribution < 1.29 is 13.9 Å². The SMILES string of the molecule is CCCOc1ccc(OCc2ccc(F)c(CN)c2)cc1. The highest BCUT2D eigenvalue weighted by atomic mass is 19.1. The standard InChI is InChI=1S/C17H20FNO2/c1-2-9-20-15-4-6-16(7-5-15)21-12-13-3-8-17(18)14(10-13)11-19/h3-8,10H,2,9,11-12,19H2,1H3. The zero-order valence-corrected chi connectivity index (χ0v) is 12.1. The van der Waals surface area contributed by atoms with Gasteiger partial charge in [0.2, 0.25) is 0 Å². The van der Waals surface area contributed by atoms with Gasteiger partial charge in [0, 0.05) is 12.1 Å². The lowest BCUT2D eigenvalue weighted by Gasteiger charge is -2.09. The Kier molecular flexibility index (Phi) is 5.58. The first-order chi connectivity index (χ1) is 10.2. The van der Waals surface area contributed by atoms with Crippen LogP contribution in [-0.4, -0.2) is 6.61 Å². The van der Waals surface area contributed by atoms with E-state index in [4.69, 9.17) is 15.2 Å². The van der Waals surface area contributed by atoms with Crippen molar-refractivity contribution in [2.24, 2.45) is 5.73 Å². The van der Waals surface area contributed by atoms with Crippen molar-refractivity contribution in [1.29, 1.82) is 0 Å². The van der Waals surface area contributed by atoms with E-state index in [2.05, 4.69) is 6.92 Å². The van der Waals surface area contributed by atoms with Crippen molar-refractivity contribution in [3.8, 4) is 11.5 Å². The molecule has 0 fully saturated rings. The molecule has 2 aromatic rings. The summed E-state index contributed by atoms with van der Waals surface area (Å²) in [5, 5.41) is 0. The molecule has 0 heterocycles. The summed E-state index contributed by atoms with van der Waals surface area (Å²) in [6.07, 6.45) is 0.978. The third-order valence-corrected chi connectivity index (χ3v) is 3.03. The van der Waals surface area contributed by atoms with Crippen LogP contribution in [0.5, 0.6) is 11.5 Å². The highest BCUT2D eigenvalue weighted by Crippen LogP contribution is 2.19. The van der Waals surface area contributed by atoms with E-state index < -0.39 is 0 Å². The Bertz CT molecular complexity index is 570. The summed E-state index contributed by atoms with van der Waals surface area (Å²) in [6, 6.07) is 12.3. The van der Waals surface area contributed by atoms with Crippen molar-refractivity contribution >= 4 is 0 Å². The molecule has 3 nitrogen and oxygen atoms in total.